The monoisotopic (exact) mass is 259 g/mol. The van der Waals surface area contributed by atoms with Crippen molar-refractivity contribution in [1.29, 1.82) is 0 Å². The molecule has 0 saturated carbocycles. The summed E-state index contributed by atoms with van der Waals surface area (Å²) in [6.45, 7) is 0. The molecule has 2 rings (SSSR count). The van der Waals surface area contributed by atoms with Gasteiger partial charge in [-0.2, -0.15) is 0 Å². The highest BCUT2D eigenvalue weighted by atomic mass is 16.5. The van der Waals surface area contributed by atoms with Gasteiger partial charge in [-0.15, -0.1) is 0 Å². The van der Waals surface area contributed by atoms with Crippen LogP contribution in [0.2, 0.25) is 0 Å². The lowest BCUT2D eigenvalue weighted by atomic mass is 9.95. The minimum Gasteiger partial charge on any atom is -0.497 e. The van der Waals surface area contributed by atoms with Crippen LogP contribution in [0.3, 0.4) is 0 Å². The van der Waals surface area contributed by atoms with Crippen LogP contribution in [0.25, 0.3) is 0 Å². The third-order valence-electron chi connectivity index (χ3n) is 3.97. The first-order valence-electron chi connectivity index (χ1n) is 7.32. The zero-order valence-electron chi connectivity index (χ0n) is 12.1. The Balaban J connectivity index is 2.02. The third-order valence-corrected chi connectivity index (χ3v) is 3.97. The SMILES string of the molecule is CNC(Cc1ccc(OC)cc1)C1=CCCCCC1. The highest BCUT2D eigenvalue weighted by Gasteiger charge is 2.14. The Morgan fingerprint density at radius 2 is 1.95 bits per heavy atom. The number of hydrogen-bond donors (Lipinski definition) is 1. The number of methoxy groups -OCH3 is 1. The third kappa shape index (κ3) is 4.10. The van der Waals surface area contributed by atoms with Gasteiger partial charge >= 0.3 is 0 Å². The Hall–Kier alpha value is -1.28. The van der Waals surface area contributed by atoms with Gasteiger partial charge in [-0.3, -0.25) is 0 Å². The molecule has 0 saturated heterocycles. The Bertz CT molecular complexity index is 408. The van der Waals surface area contributed by atoms with Crippen LogP contribution in [0, 0.1) is 0 Å². The number of allylic oxidation sites excluding steroid dienone is 1. The van der Waals surface area contributed by atoms with E-state index in [4.69, 9.17) is 4.74 Å². The lowest BCUT2D eigenvalue weighted by Gasteiger charge is -2.20. The molecular weight excluding hydrogens is 234 g/mol. The van der Waals surface area contributed by atoms with E-state index >= 15 is 0 Å². The van der Waals surface area contributed by atoms with Gasteiger partial charge in [0.2, 0.25) is 0 Å². The Morgan fingerprint density at radius 1 is 1.16 bits per heavy atom. The van der Waals surface area contributed by atoms with E-state index in [9.17, 15) is 0 Å². The van der Waals surface area contributed by atoms with Gasteiger partial charge in [0.15, 0.2) is 0 Å². The Labute approximate surface area is 116 Å². The predicted molar refractivity (Wildman–Crippen MR) is 80.7 cm³/mol. The highest BCUT2D eigenvalue weighted by Crippen LogP contribution is 2.22. The van der Waals surface area contributed by atoms with Crippen LogP contribution in [0.1, 0.15) is 37.7 Å². The largest absolute Gasteiger partial charge is 0.497 e. The maximum atomic E-state index is 5.21. The molecule has 0 fully saturated rings. The first kappa shape index (κ1) is 14.1. The Kier molecular flexibility index (Phi) is 5.46. The number of likely N-dealkylation sites (N-methyl/N-ethyl adjacent to an activating group) is 1. The van der Waals surface area contributed by atoms with E-state index in [-0.39, 0.29) is 0 Å². The summed E-state index contributed by atoms with van der Waals surface area (Å²) < 4.78 is 5.21. The van der Waals surface area contributed by atoms with Gasteiger partial charge in [0.25, 0.3) is 0 Å². The molecule has 19 heavy (non-hydrogen) atoms. The van der Waals surface area contributed by atoms with Crippen LogP contribution >= 0.6 is 0 Å². The molecule has 1 atom stereocenters. The lowest BCUT2D eigenvalue weighted by Crippen LogP contribution is -2.29. The van der Waals surface area contributed by atoms with Gasteiger partial charge in [0.1, 0.15) is 5.75 Å². The average Bonchev–Trinajstić information content (AvgIpc) is 2.74. The van der Waals surface area contributed by atoms with Crippen molar-refractivity contribution in [3.05, 3.63) is 41.5 Å². The van der Waals surface area contributed by atoms with Gasteiger partial charge in [-0.25, -0.2) is 0 Å². The van der Waals surface area contributed by atoms with E-state index in [0.29, 0.717) is 6.04 Å². The first-order chi connectivity index (χ1) is 9.33. The fraction of sp³-hybridized carbons (Fsp3) is 0.529. The summed E-state index contributed by atoms with van der Waals surface area (Å²) in [5.74, 6) is 0.929. The fourth-order valence-electron chi connectivity index (χ4n) is 2.77. The van der Waals surface area contributed by atoms with Crippen molar-refractivity contribution in [3.8, 4) is 5.75 Å². The lowest BCUT2D eigenvalue weighted by molar-refractivity contribution is 0.414. The topological polar surface area (TPSA) is 21.3 Å². The van der Waals surface area contributed by atoms with E-state index in [1.807, 2.05) is 12.1 Å². The maximum Gasteiger partial charge on any atom is 0.118 e. The standard InChI is InChI=1S/C17H25NO/c1-18-17(15-7-5-3-4-6-8-15)13-14-9-11-16(19-2)12-10-14/h7,9-12,17-18H,3-6,8,13H2,1-2H3. The molecule has 0 aliphatic heterocycles. The van der Waals surface area contributed by atoms with Crippen LogP contribution in [-0.4, -0.2) is 20.2 Å². The van der Waals surface area contributed by atoms with Crippen LogP contribution in [0.15, 0.2) is 35.9 Å². The molecule has 1 unspecified atom stereocenters. The summed E-state index contributed by atoms with van der Waals surface area (Å²) in [6.07, 6.45) is 10.1. The molecule has 1 aliphatic carbocycles. The summed E-state index contributed by atoms with van der Waals surface area (Å²) in [7, 11) is 3.78. The molecule has 104 valence electrons. The molecule has 1 aliphatic rings. The molecule has 2 heteroatoms. The zero-order chi connectivity index (χ0) is 13.5. The predicted octanol–water partition coefficient (Wildman–Crippen LogP) is 3.72. The molecule has 0 heterocycles. The summed E-state index contributed by atoms with van der Waals surface area (Å²) in [4.78, 5) is 0. The minimum absolute atomic E-state index is 0.478. The second-order valence-electron chi connectivity index (χ2n) is 5.27. The second kappa shape index (κ2) is 7.34. The molecule has 2 nitrogen and oxygen atoms in total. The minimum atomic E-state index is 0.478. The van der Waals surface area contributed by atoms with Gasteiger partial charge in [-0.1, -0.05) is 30.2 Å². The van der Waals surface area contributed by atoms with Crippen molar-refractivity contribution >= 4 is 0 Å². The summed E-state index contributed by atoms with van der Waals surface area (Å²) in [5.41, 5.74) is 2.96. The van der Waals surface area contributed by atoms with Crippen molar-refractivity contribution in [1.82, 2.24) is 5.32 Å². The van der Waals surface area contributed by atoms with Crippen LogP contribution in [0.4, 0.5) is 0 Å². The van der Waals surface area contributed by atoms with Crippen LogP contribution < -0.4 is 10.1 Å². The van der Waals surface area contributed by atoms with Crippen molar-refractivity contribution in [3.63, 3.8) is 0 Å². The number of rotatable bonds is 5. The molecule has 1 N–H and O–H groups in total. The van der Waals surface area contributed by atoms with Gasteiger partial charge in [-0.05, 0) is 56.8 Å². The maximum absolute atomic E-state index is 5.21. The van der Waals surface area contributed by atoms with E-state index in [1.54, 1.807) is 12.7 Å². The summed E-state index contributed by atoms with van der Waals surface area (Å²) >= 11 is 0. The van der Waals surface area contributed by atoms with Crippen molar-refractivity contribution in [2.75, 3.05) is 14.2 Å². The highest BCUT2D eigenvalue weighted by molar-refractivity contribution is 5.29. The molecule has 0 bridgehead atoms. The number of hydrogen-bond acceptors (Lipinski definition) is 2. The second-order valence-corrected chi connectivity index (χ2v) is 5.27. The van der Waals surface area contributed by atoms with Crippen LogP contribution in [-0.2, 0) is 6.42 Å². The van der Waals surface area contributed by atoms with E-state index < -0.39 is 0 Å². The number of ether oxygens (including phenoxy) is 1. The molecule has 1 aromatic carbocycles. The number of nitrogens with one attached hydrogen (secondary N) is 1. The first-order valence-corrected chi connectivity index (χ1v) is 7.32. The molecule has 0 radical (unpaired) electrons. The van der Waals surface area contributed by atoms with E-state index in [1.165, 1.54) is 37.7 Å². The van der Waals surface area contributed by atoms with Gasteiger partial charge < -0.3 is 10.1 Å². The fourth-order valence-corrected chi connectivity index (χ4v) is 2.77. The van der Waals surface area contributed by atoms with Crippen molar-refractivity contribution in [2.45, 2.75) is 44.6 Å². The average molecular weight is 259 g/mol. The number of benzene rings is 1. The van der Waals surface area contributed by atoms with Crippen molar-refractivity contribution in [2.24, 2.45) is 0 Å². The van der Waals surface area contributed by atoms with Gasteiger partial charge in [0, 0.05) is 6.04 Å². The molecule has 1 aromatic rings. The molecule has 0 amide bonds. The normalized spacial score (nSPS) is 17.5. The Morgan fingerprint density at radius 3 is 2.63 bits per heavy atom. The quantitative estimate of drug-likeness (QED) is 0.814. The van der Waals surface area contributed by atoms with E-state index in [0.717, 1.165) is 12.2 Å². The van der Waals surface area contributed by atoms with Crippen LogP contribution in [0.5, 0.6) is 5.75 Å². The van der Waals surface area contributed by atoms with Gasteiger partial charge in [0.05, 0.1) is 7.11 Å². The molecule has 0 aromatic heterocycles. The smallest absolute Gasteiger partial charge is 0.118 e. The zero-order valence-corrected chi connectivity index (χ0v) is 12.1. The van der Waals surface area contributed by atoms with E-state index in [2.05, 4.69) is 30.6 Å². The molecule has 0 spiro atoms. The van der Waals surface area contributed by atoms with Crippen molar-refractivity contribution < 1.29 is 4.74 Å². The molecular formula is C17H25NO. The summed E-state index contributed by atoms with van der Waals surface area (Å²) in [6, 6.07) is 8.90. The summed E-state index contributed by atoms with van der Waals surface area (Å²) in [5, 5.41) is 3.48.